The Kier molecular flexibility index (Phi) is 5.43. The number of nitrogens with one attached hydrogen (secondary N) is 2. The SMILES string of the molecule is CN(C)C(CNC(=O)c1n[nH]c(=O)c2ccccc12)Cc1ccccc1. The summed E-state index contributed by atoms with van der Waals surface area (Å²) in [5, 5.41) is 10.3. The molecule has 2 aromatic carbocycles. The summed E-state index contributed by atoms with van der Waals surface area (Å²) in [4.78, 5) is 26.6. The van der Waals surface area contributed by atoms with Gasteiger partial charge in [-0.1, -0.05) is 48.5 Å². The lowest BCUT2D eigenvalue weighted by atomic mass is 10.0. The minimum Gasteiger partial charge on any atom is -0.349 e. The monoisotopic (exact) mass is 350 g/mol. The molecule has 134 valence electrons. The van der Waals surface area contributed by atoms with Crippen molar-refractivity contribution in [2.75, 3.05) is 20.6 Å². The van der Waals surface area contributed by atoms with Crippen molar-refractivity contribution in [3.8, 4) is 0 Å². The summed E-state index contributed by atoms with van der Waals surface area (Å²) in [7, 11) is 3.99. The molecule has 1 amide bonds. The summed E-state index contributed by atoms with van der Waals surface area (Å²) in [5.74, 6) is -0.294. The topological polar surface area (TPSA) is 78.1 Å². The first kappa shape index (κ1) is 17.8. The Hall–Kier alpha value is -2.99. The van der Waals surface area contributed by atoms with Gasteiger partial charge in [-0.2, -0.15) is 5.10 Å². The van der Waals surface area contributed by atoms with E-state index in [9.17, 15) is 9.59 Å². The van der Waals surface area contributed by atoms with E-state index in [1.54, 1.807) is 24.3 Å². The Bertz CT molecular complexity index is 951. The Morgan fingerprint density at radius 1 is 1.08 bits per heavy atom. The van der Waals surface area contributed by atoms with E-state index in [4.69, 9.17) is 0 Å². The number of nitrogens with zero attached hydrogens (tertiary/aromatic N) is 2. The smallest absolute Gasteiger partial charge is 0.272 e. The molecule has 0 aliphatic heterocycles. The molecule has 0 spiro atoms. The van der Waals surface area contributed by atoms with E-state index in [1.807, 2.05) is 32.3 Å². The molecule has 0 bridgehead atoms. The molecule has 6 heteroatoms. The van der Waals surface area contributed by atoms with E-state index in [0.717, 1.165) is 6.42 Å². The summed E-state index contributed by atoms with van der Waals surface area (Å²) in [6, 6.07) is 17.3. The van der Waals surface area contributed by atoms with Crippen LogP contribution in [-0.4, -0.2) is 47.7 Å². The summed E-state index contributed by atoms with van der Waals surface area (Å²) in [6.07, 6.45) is 0.827. The first-order valence-corrected chi connectivity index (χ1v) is 8.52. The molecule has 2 N–H and O–H groups in total. The van der Waals surface area contributed by atoms with Crippen molar-refractivity contribution >= 4 is 16.7 Å². The predicted octanol–water partition coefficient (Wildman–Crippen LogP) is 1.83. The van der Waals surface area contributed by atoms with Gasteiger partial charge >= 0.3 is 0 Å². The fraction of sp³-hybridized carbons (Fsp3) is 0.250. The number of fused-ring (bicyclic) bond motifs is 1. The summed E-state index contributed by atoms with van der Waals surface area (Å²) < 4.78 is 0. The van der Waals surface area contributed by atoms with Crippen molar-refractivity contribution in [2.24, 2.45) is 0 Å². The zero-order chi connectivity index (χ0) is 18.5. The van der Waals surface area contributed by atoms with Crippen molar-refractivity contribution in [3.05, 3.63) is 76.2 Å². The molecular weight excluding hydrogens is 328 g/mol. The van der Waals surface area contributed by atoms with Gasteiger partial charge in [0.05, 0.1) is 5.39 Å². The zero-order valence-electron chi connectivity index (χ0n) is 14.9. The molecule has 1 atom stereocenters. The largest absolute Gasteiger partial charge is 0.349 e. The molecular formula is C20H22N4O2. The first-order chi connectivity index (χ1) is 12.6. The van der Waals surface area contributed by atoms with Gasteiger partial charge in [0, 0.05) is 18.0 Å². The second-order valence-electron chi connectivity index (χ2n) is 6.46. The standard InChI is InChI=1S/C20H22N4O2/c1-24(2)15(12-14-8-4-3-5-9-14)13-21-20(26)18-16-10-6-7-11-17(16)19(25)23-22-18/h3-11,15H,12-13H2,1-2H3,(H,21,26)(H,23,25). The van der Waals surface area contributed by atoms with Crippen molar-refractivity contribution in [1.82, 2.24) is 20.4 Å². The van der Waals surface area contributed by atoms with Gasteiger partial charge in [-0.3, -0.25) is 9.59 Å². The van der Waals surface area contributed by atoms with Gasteiger partial charge in [-0.05, 0) is 32.1 Å². The molecule has 0 saturated heterocycles. The fourth-order valence-electron chi connectivity index (χ4n) is 2.91. The van der Waals surface area contributed by atoms with Crippen molar-refractivity contribution in [3.63, 3.8) is 0 Å². The number of carbonyl (C=O) groups excluding carboxylic acids is 1. The van der Waals surface area contributed by atoms with Crippen molar-refractivity contribution in [1.29, 1.82) is 0 Å². The number of aromatic amines is 1. The average molecular weight is 350 g/mol. The van der Waals surface area contributed by atoms with Crippen LogP contribution in [-0.2, 0) is 6.42 Å². The summed E-state index contributed by atoms with van der Waals surface area (Å²) in [5.41, 5.74) is 1.15. The van der Waals surface area contributed by atoms with Crippen molar-refractivity contribution < 1.29 is 4.79 Å². The molecule has 0 aliphatic rings. The quantitative estimate of drug-likeness (QED) is 0.711. The van der Waals surface area contributed by atoms with Crippen LogP contribution in [0.25, 0.3) is 10.8 Å². The van der Waals surface area contributed by atoms with E-state index in [2.05, 4.69) is 32.5 Å². The van der Waals surface area contributed by atoms with E-state index in [0.29, 0.717) is 17.3 Å². The van der Waals surface area contributed by atoms with Gasteiger partial charge in [-0.15, -0.1) is 0 Å². The third-order valence-electron chi connectivity index (χ3n) is 4.45. The average Bonchev–Trinajstić information content (AvgIpc) is 2.66. The third kappa shape index (κ3) is 3.97. The van der Waals surface area contributed by atoms with Crippen LogP contribution in [0.1, 0.15) is 16.1 Å². The van der Waals surface area contributed by atoms with Gasteiger partial charge < -0.3 is 10.2 Å². The maximum atomic E-state index is 12.6. The highest BCUT2D eigenvalue weighted by molar-refractivity contribution is 6.04. The highest BCUT2D eigenvalue weighted by Crippen LogP contribution is 2.12. The number of rotatable bonds is 6. The highest BCUT2D eigenvalue weighted by atomic mass is 16.2. The van der Waals surface area contributed by atoms with E-state index in [-0.39, 0.29) is 23.2 Å². The number of hydrogen-bond donors (Lipinski definition) is 2. The minimum absolute atomic E-state index is 0.148. The van der Waals surface area contributed by atoms with Gasteiger partial charge in [0.1, 0.15) is 0 Å². The molecule has 1 aromatic heterocycles. The number of likely N-dealkylation sites (N-methyl/N-ethyl adjacent to an activating group) is 1. The number of benzene rings is 2. The Balaban J connectivity index is 1.75. The lowest BCUT2D eigenvalue weighted by Crippen LogP contribution is -2.42. The van der Waals surface area contributed by atoms with Gasteiger partial charge in [-0.25, -0.2) is 5.10 Å². The van der Waals surface area contributed by atoms with Crippen LogP contribution in [0.5, 0.6) is 0 Å². The second-order valence-corrected chi connectivity index (χ2v) is 6.46. The van der Waals surface area contributed by atoms with Crippen LogP contribution in [0.4, 0.5) is 0 Å². The number of hydrogen-bond acceptors (Lipinski definition) is 4. The maximum absolute atomic E-state index is 12.6. The normalized spacial score (nSPS) is 12.3. The highest BCUT2D eigenvalue weighted by Gasteiger charge is 2.17. The Morgan fingerprint density at radius 2 is 1.73 bits per heavy atom. The second kappa shape index (κ2) is 7.93. The molecule has 3 rings (SSSR count). The summed E-state index contributed by atoms with van der Waals surface area (Å²) in [6.45, 7) is 0.482. The minimum atomic E-state index is -0.299. The van der Waals surface area contributed by atoms with Crippen LogP contribution < -0.4 is 10.9 Å². The fourth-order valence-corrected chi connectivity index (χ4v) is 2.91. The van der Waals surface area contributed by atoms with E-state index >= 15 is 0 Å². The molecule has 0 fully saturated rings. The molecule has 3 aromatic rings. The third-order valence-corrected chi connectivity index (χ3v) is 4.45. The van der Waals surface area contributed by atoms with Crippen LogP contribution in [0.2, 0.25) is 0 Å². The molecule has 0 aliphatic carbocycles. The molecule has 0 radical (unpaired) electrons. The van der Waals surface area contributed by atoms with Gasteiger partial charge in [0.15, 0.2) is 5.69 Å². The van der Waals surface area contributed by atoms with E-state index in [1.165, 1.54) is 5.56 Å². The van der Waals surface area contributed by atoms with E-state index < -0.39 is 0 Å². The predicted molar refractivity (Wildman–Crippen MR) is 102 cm³/mol. The molecule has 0 saturated carbocycles. The number of amides is 1. The maximum Gasteiger partial charge on any atom is 0.272 e. The zero-order valence-corrected chi connectivity index (χ0v) is 14.9. The van der Waals surface area contributed by atoms with Gasteiger partial charge in [0.25, 0.3) is 11.5 Å². The van der Waals surface area contributed by atoms with Crippen LogP contribution in [0, 0.1) is 0 Å². The molecule has 6 nitrogen and oxygen atoms in total. The number of aromatic nitrogens is 2. The Morgan fingerprint density at radius 3 is 2.42 bits per heavy atom. The molecule has 1 unspecified atom stereocenters. The Labute approximate surface area is 151 Å². The molecule has 1 heterocycles. The molecule has 26 heavy (non-hydrogen) atoms. The first-order valence-electron chi connectivity index (χ1n) is 8.52. The lowest BCUT2D eigenvalue weighted by molar-refractivity contribution is 0.0937. The van der Waals surface area contributed by atoms with Gasteiger partial charge in [0.2, 0.25) is 0 Å². The number of carbonyl (C=O) groups is 1. The van der Waals surface area contributed by atoms with Crippen molar-refractivity contribution in [2.45, 2.75) is 12.5 Å². The van der Waals surface area contributed by atoms with Crippen LogP contribution in [0.3, 0.4) is 0 Å². The number of H-pyrrole nitrogens is 1. The van der Waals surface area contributed by atoms with Crippen LogP contribution >= 0.6 is 0 Å². The summed E-state index contributed by atoms with van der Waals surface area (Å²) >= 11 is 0. The van der Waals surface area contributed by atoms with Crippen LogP contribution in [0.15, 0.2) is 59.4 Å². The lowest BCUT2D eigenvalue weighted by Gasteiger charge is -2.24.